The van der Waals surface area contributed by atoms with Gasteiger partial charge in [0.15, 0.2) is 0 Å². The Morgan fingerprint density at radius 3 is 2.33 bits per heavy atom. The van der Waals surface area contributed by atoms with Crippen LogP contribution in [0.1, 0.15) is 38.2 Å². The fraction of sp³-hybridized carbons (Fsp3) is 0.571. The molecule has 1 aromatic carbocycles. The summed E-state index contributed by atoms with van der Waals surface area (Å²) in [5, 5.41) is 0. The van der Waals surface area contributed by atoms with Crippen molar-refractivity contribution in [2.75, 3.05) is 18.6 Å². The summed E-state index contributed by atoms with van der Waals surface area (Å²) in [6.07, 6.45) is 2.90. The van der Waals surface area contributed by atoms with Crippen LogP contribution in [0.15, 0.2) is 24.3 Å². The van der Waals surface area contributed by atoms with Gasteiger partial charge in [0.25, 0.3) is 0 Å². The highest BCUT2D eigenvalue weighted by Crippen LogP contribution is 2.21. The molecule has 0 radical (unpaired) electrons. The monoisotopic (exact) mass is 270 g/mol. The molecule has 0 amide bonds. The van der Waals surface area contributed by atoms with Gasteiger partial charge < -0.3 is 4.74 Å². The topological polar surface area (TPSA) is 43.4 Å². The van der Waals surface area contributed by atoms with Crippen LogP contribution in [0.3, 0.4) is 0 Å². The van der Waals surface area contributed by atoms with Crippen LogP contribution in [0.2, 0.25) is 0 Å². The third-order valence-electron chi connectivity index (χ3n) is 2.99. The molecule has 0 aliphatic carbocycles. The Balaban J connectivity index is 2.40. The maximum Gasteiger partial charge on any atom is 0.147 e. The normalized spacial score (nSPS) is 13.3. The average molecular weight is 270 g/mol. The zero-order valence-electron chi connectivity index (χ0n) is 11.3. The van der Waals surface area contributed by atoms with Crippen LogP contribution < -0.4 is 4.74 Å². The van der Waals surface area contributed by atoms with E-state index >= 15 is 0 Å². The molecular formula is C14H22O3S. The molecule has 0 aromatic heterocycles. The predicted molar refractivity (Wildman–Crippen MR) is 75.0 cm³/mol. The Morgan fingerprint density at radius 1 is 1.22 bits per heavy atom. The summed E-state index contributed by atoms with van der Waals surface area (Å²) in [7, 11) is -2.88. The van der Waals surface area contributed by atoms with Crippen molar-refractivity contribution in [3.8, 4) is 5.75 Å². The molecule has 1 rings (SSSR count). The number of sulfone groups is 1. The molecule has 1 unspecified atom stereocenters. The quantitative estimate of drug-likeness (QED) is 0.715. The standard InChI is InChI=1S/C14H22O3S/c1-4-12(2)13-6-8-14(9-7-13)17-10-5-11-18(3,15)16/h6-9,12H,4-5,10-11H2,1-3H3. The number of benzene rings is 1. The van der Waals surface area contributed by atoms with Crippen LogP contribution in [0.25, 0.3) is 0 Å². The highest BCUT2D eigenvalue weighted by Gasteiger charge is 2.04. The van der Waals surface area contributed by atoms with Gasteiger partial charge in [-0.3, -0.25) is 0 Å². The van der Waals surface area contributed by atoms with E-state index in [0.29, 0.717) is 18.9 Å². The number of rotatable bonds is 7. The summed E-state index contributed by atoms with van der Waals surface area (Å²) in [6, 6.07) is 8.03. The van der Waals surface area contributed by atoms with E-state index in [4.69, 9.17) is 4.74 Å². The first kappa shape index (κ1) is 15.0. The molecule has 0 saturated heterocycles. The van der Waals surface area contributed by atoms with Crippen molar-refractivity contribution < 1.29 is 13.2 Å². The molecule has 0 fully saturated rings. The van der Waals surface area contributed by atoms with Crippen molar-refractivity contribution in [3.63, 3.8) is 0 Å². The van der Waals surface area contributed by atoms with Gasteiger partial charge in [-0.05, 0) is 36.5 Å². The Bertz CT molecular complexity index is 448. The van der Waals surface area contributed by atoms with Crippen molar-refractivity contribution in [3.05, 3.63) is 29.8 Å². The lowest BCUT2D eigenvalue weighted by atomic mass is 9.99. The van der Waals surface area contributed by atoms with Gasteiger partial charge in [-0.2, -0.15) is 0 Å². The predicted octanol–water partition coefficient (Wildman–Crippen LogP) is 3.01. The van der Waals surface area contributed by atoms with E-state index in [1.165, 1.54) is 11.8 Å². The van der Waals surface area contributed by atoms with Crippen molar-refractivity contribution in [1.29, 1.82) is 0 Å². The molecular weight excluding hydrogens is 248 g/mol. The minimum absolute atomic E-state index is 0.179. The van der Waals surface area contributed by atoms with Crippen molar-refractivity contribution in [2.45, 2.75) is 32.6 Å². The highest BCUT2D eigenvalue weighted by atomic mass is 32.2. The Hall–Kier alpha value is -1.03. The summed E-state index contributed by atoms with van der Waals surface area (Å²) in [5.41, 5.74) is 1.31. The summed E-state index contributed by atoms with van der Waals surface area (Å²) >= 11 is 0. The molecule has 0 aliphatic rings. The maximum absolute atomic E-state index is 10.9. The van der Waals surface area contributed by atoms with Crippen molar-refractivity contribution in [1.82, 2.24) is 0 Å². The van der Waals surface area contributed by atoms with Crippen molar-refractivity contribution in [2.24, 2.45) is 0 Å². The summed E-state index contributed by atoms with van der Waals surface area (Å²) in [4.78, 5) is 0. The fourth-order valence-corrected chi connectivity index (χ4v) is 2.28. The third kappa shape index (κ3) is 5.54. The van der Waals surface area contributed by atoms with Gasteiger partial charge >= 0.3 is 0 Å². The highest BCUT2D eigenvalue weighted by molar-refractivity contribution is 7.90. The van der Waals surface area contributed by atoms with Crippen LogP contribution in [-0.2, 0) is 9.84 Å². The second-order valence-electron chi connectivity index (χ2n) is 4.71. The minimum Gasteiger partial charge on any atom is -0.494 e. The summed E-state index contributed by atoms with van der Waals surface area (Å²) in [5.74, 6) is 1.54. The second-order valence-corrected chi connectivity index (χ2v) is 6.97. The molecule has 0 spiro atoms. The molecule has 0 heterocycles. The van der Waals surface area contributed by atoms with Gasteiger partial charge in [0, 0.05) is 6.26 Å². The fourth-order valence-electron chi connectivity index (χ4n) is 1.64. The lowest BCUT2D eigenvalue weighted by Gasteiger charge is -2.10. The van der Waals surface area contributed by atoms with E-state index in [1.807, 2.05) is 12.1 Å². The van der Waals surface area contributed by atoms with E-state index in [-0.39, 0.29) is 5.75 Å². The first-order valence-corrected chi connectivity index (χ1v) is 8.39. The average Bonchev–Trinajstić information content (AvgIpc) is 2.33. The number of hydrogen-bond donors (Lipinski definition) is 0. The second kappa shape index (κ2) is 6.78. The lowest BCUT2D eigenvalue weighted by Crippen LogP contribution is -2.08. The van der Waals surface area contributed by atoms with Crippen LogP contribution in [0.5, 0.6) is 5.75 Å². The molecule has 102 valence electrons. The first-order chi connectivity index (χ1) is 8.42. The molecule has 18 heavy (non-hydrogen) atoms. The van der Waals surface area contributed by atoms with E-state index in [2.05, 4.69) is 26.0 Å². The summed E-state index contributed by atoms with van der Waals surface area (Å²) < 4.78 is 27.4. The SMILES string of the molecule is CCC(C)c1ccc(OCCCS(C)(=O)=O)cc1. The van der Waals surface area contributed by atoms with Gasteiger partial charge in [0.2, 0.25) is 0 Å². The molecule has 0 saturated carbocycles. The van der Waals surface area contributed by atoms with Gasteiger partial charge in [-0.1, -0.05) is 26.0 Å². The van der Waals surface area contributed by atoms with Crippen LogP contribution in [-0.4, -0.2) is 27.0 Å². The number of hydrogen-bond acceptors (Lipinski definition) is 3. The Morgan fingerprint density at radius 2 is 1.83 bits per heavy atom. The molecule has 0 bridgehead atoms. The van der Waals surface area contributed by atoms with E-state index in [0.717, 1.165) is 12.2 Å². The van der Waals surface area contributed by atoms with E-state index in [1.54, 1.807) is 0 Å². The molecule has 3 nitrogen and oxygen atoms in total. The Labute approximate surface area is 110 Å². The smallest absolute Gasteiger partial charge is 0.147 e. The van der Waals surface area contributed by atoms with Crippen LogP contribution in [0, 0.1) is 0 Å². The largest absolute Gasteiger partial charge is 0.494 e. The van der Waals surface area contributed by atoms with E-state index in [9.17, 15) is 8.42 Å². The molecule has 1 atom stereocenters. The number of ether oxygens (including phenoxy) is 1. The van der Waals surface area contributed by atoms with Crippen LogP contribution in [0.4, 0.5) is 0 Å². The van der Waals surface area contributed by atoms with E-state index < -0.39 is 9.84 Å². The van der Waals surface area contributed by atoms with Crippen LogP contribution >= 0.6 is 0 Å². The zero-order chi connectivity index (χ0) is 13.6. The lowest BCUT2D eigenvalue weighted by molar-refractivity contribution is 0.317. The zero-order valence-corrected chi connectivity index (χ0v) is 12.2. The van der Waals surface area contributed by atoms with Gasteiger partial charge in [-0.25, -0.2) is 8.42 Å². The van der Waals surface area contributed by atoms with Crippen molar-refractivity contribution >= 4 is 9.84 Å². The third-order valence-corrected chi connectivity index (χ3v) is 4.02. The minimum atomic E-state index is -2.88. The Kier molecular flexibility index (Phi) is 5.66. The molecule has 0 N–H and O–H groups in total. The molecule has 1 aromatic rings. The molecule has 0 aliphatic heterocycles. The molecule has 4 heteroatoms. The first-order valence-electron chi connectivity index (χ1n) is 6.33. The van der Waals surface area contributed by atoms with Gasteiger partial charge in [-0.15, -0.1) is 0 Å². The van der Waals surface area contributed by atoms with Gasteiger partial charge in [0.1, 0.15) is 15.6 Å². The van der Waals surface area contributed by atoms with Gasteiger partial charge in [0.05, 0.1) is 12.4 Å². The maximum atomic E-state index is 10.9. The summed E-state index contributed by atoms with van der Waals surface area (Å²) in [6.45, 7) is 4.80.